The predicted octanol–water partition coefficient (Wildman–Crippen LogP) is 0.351. The zero-order valence-electron chi connectivity index (χ0n) is 11.9. The first-order valence-electron chi connectivity index (χ1n) is 5.83. The van der Waals surface area contributed by atoms with Crippen LogP contribution in [0.25, 0.3) is 0 Å². The summed E-state index contributed by atoms with van der Waals surface area (Å²) in [6, 6.07) is 0. The van der Waals surface area contributed by atoms with Crippen LogP contribution < -0.4 is 0 Å². The molecule has 0 saturated heterocycles. The minimum absolute atomic E-state index is 0.0278. The van der Waals surface area contributed by atoms with Crippen LogP contribution in [0, 0.1) is 0 Å². The summed E-state index contributed by atoms with van der Waals surface area (Å²) in [4.78, 5) is 10.5. The Morgan fingerprint density at radius 1 is 1.22 bits per heavy atom. The highest BCUT2D eigenvalue weighted by atomic mass is 16.6. The van der Waals surface area contributed by atoms with E-state index in [1.165, 1.54) is 6.92 Å². The van der Waals surface area contributed by atoms with Crippen molar-refractivity contribution >= 4 is 5.97 Å². The highest BCUT2D eigenvalue weighted by Gasteiger charge is 2.27. The quantitative estimate of drug-likeness (QED) is 0.511. The molecule has 6 heteroatoms. The van der Waals surface area contributed by atoms with Gasteiger partial charge in [-0.3, -0.25) is 4.79 Å². The van der Waals surface area contributed by atoms with Crippen LogP contribution in [0.15, 0.2) is 0 Å². The van der Waals surface area contributed by atoms with Crippen LogP contribution in [0.2, 0.25) is 0 Å². The molecular weight excluding hydrogens is 240 g/mol. The predicted molar refractivity (Wildman–Crippen MR) is 67.3 cm³/mol. The molecule has 18 heavy (non-hydrogen) atoms. The second-order valence-corrected chi connectivity index (χ2v) is 4.12. The fourth-order valence-electron chi connectivity index (χ4n) is 0.788. The fourth-order valence-corrected chi connectivity index (χ4v) is 0.788. The lowest BCUT2D eigenvalue weighted by Crippen LogP contribution is -2.38. The summed E-state index contributed by atoms with van der Waals surface area (Å²) in [5.41, 5.74) is -0.411. The first kappa shape index (κ1) is 19.6. The molecule has 0 aromatic rings. The molecule has 0 fully saturated rings. The van der Waals surface area contributed by atoms with Crippen LogP contribution in [-0.2, 0) is 19.0 Å². The Morgan fingerprint density at radius 3 is 1.94 bits per heavy atom. The topological polar surface area (TPSA) is 85.2 Å². The first-order valence-corrected chi connectivity index (χ1v) is 5.83. The second kappa shape index (κ2) is 11.4. The molecule has 0 saturated carbocycles. The first-order chi connectivity index (χ1) is 8.31. The maximum Gasteiger partial charge on any atom is 0.302 e. The van der Waals surface area contributed by atoms with Gasteiger partial charge in [0, 0.05) is 14.0 Å². The van der Waals surface area contributed by atoms with Crippen molar-refractivity contribution in [3.05, 3.63) is 0 Å². The molecular formula is C12H26O6. The van der Waals surface area contributed by atoms with Crippen LogP contribution in [0.3, 0.4) is 0 Å². The number of hydrogen-bond donors (Lipinski definition) is 2. The summed E-state index contributed by atoms with van der Waals surface area (Å²) >= 11 is 0. The van der Waals surface area contributed by atoms with Crippen molar-refractivity contribution in [3.8, 4) is 0 Å². The van der Waals surface area contributed by atoms with E-state index in [1.54, 1.807) is 7.11 Å². The van der Waals surface area contributed by atoms with Crippen molar-refractivity contribution in [1.82, 2.24) is 0 Å². The van der Waals surface area contributed by atoms with Gasteiger partial charge in [0.15, 0.2) is 0 Å². The van der Waals surface area contributed by atoms with Gasteiger partial charge < -0.3 is 24.4 Å². The van der Waals surface area contributed by atoms with Crippen molar-refractivity contribution in [2.75, 3.05) is 33.5 Å². The molecule has 0 aromatic carbocycles. The summed E-state index contributed by atoms with van der Waals surface area (Å²) in [5, 5.41) is 16.2. The van der Waals surface area contributed by atoms with E-state index in [-0.39, 0.29) is 25.3 Å². The summed E-state index contributed by atoms with van der Waals surface area (Å²) in [6.07, 6.45) is -0.218. The van der Waals surface area contributed by atoms with E-state index >= 15 is 0 Å². The highest BCUT2D eigenvalue weighted by Crippen LogP contribution is 2.16. The molecule has 0 spiro atoms. The Kier molecular flexibility index (Phi) is 12.4. The van der Waals surface area contributed by atoms with Gasteiger partial charge in [-0.15, -0.1) is 0 Å². The molecule has 6 nitrogen and oxygen atoms in total. The van der Waals surface area contributed by atoms with Gasteiger partial charge in [-0.25, -0.2) is 0 Å². The van der Waals surface area contributed by atoms with E-state index in [4.69, 9.17) is 19.7 Å². The van der Waals surface area contributed by atoms with Gasteiger partial charge in [0.2, 0.25) is 0 Å². The van der Waals surface area contributed by atoms with Gasteiger partial charge in [-0.1, -0.05) is 0 Å². The Balaban J connectivity index is 0. The van der Waals surface area contributed by atoms with Crippen molar-refractivity contribution in [2.45, 2.75) is 39.4 Å². The largest absolute Gasteiger partial charge is 0.460 e. The fraction of sp³-hybridized carbons (Fsp3) is 0.917. The third-order valence-corrected chi connectivity index (χ3v) is 2.32. The Morgan fingerprint density at radius 2 is 1.67 bits per heavy atom. The van der Waals surface area contributed by atoms with Gasteiger partial charge in [0.05, 0.1) is 32.0 Å². The molecule has 1 atom stereocenters. The zero-order valence-corrected chi connectivity index (χ0v) is 11.9. The van der Waals surface area contributed by atoms with E-state index < -0.39 is 5.60 Å². The van der Waals surface area contributed by atoms with Crippen LogP contribution in [0.4, 0.5) is 0 Å². The average molecular weight is 266 g/mol. The number of ether oxygens (including phenoxy) is 3. The molecule has 0 amide bonds. The van der Waals surface area contributed by atoms with E-state index in [0.717, 1.165) is 0 Å². The molecule has 2 N–H and O–H groups in total. The molecule has 0 aliphatic rings. The number of aliphatic hydroxyl groups is 2. The van der Waals surface area contributed by atoms with E-state index in [1.807, 2.05) is 20.8 Å². The third-order valence-electron chi connectivity index (χ3n) is 2.32. The van der Waals surface area contributed by atoms with Crippen LogP contribution >= 0.6 is 0 Å². The van der Waals surface area contributed by atoms with Crippen LogP contribution in [0.1, 0.15) is 27.7 Å². The van der Waals surface area contributed by atoms with Gasteiger partial charge in [-0.05, 0) is 20.8 Å². The molecule has 110 valence electrons. The van der Waals surface area contributed by atoms with Crippen LogP contribution in [-0.4, -0.2) is 61.4 Å². The molecule has 1 unspecified atom stereocenters. The lowest BCUT2D eigenvalue weighted by atomic mass is 10.0. The second-order valence-electron chi connectivity index (χ2n) is 4.12. The molecule has 0 bridgehead atoms. The highest BCUT2D eigenvalue weighted by molar-refractivity contribution is 5.66. The molecule has 0 aliphatic heterocycles. The summed E-state index contributed by atoms with van der Waals surface area (Å²) in [5.74, 6) is -0.275. The Hall–Kier alpha value is -0.690. The minimum Gasteiger partial charge on any atom is -0.460 e. The Bertz CT molecular complexity index is 201. The summed E-state index contributed by atoms with van der Waals surface area (Å²) < 4.78 is 14.7. The normalized spacial score (nSPS) is 12.4. The lowest BCUT2D eigenvalue weighted by molar-refractivity contribution is -0.160. The SMILES string of the molecule is COC(C)(C)C(C)OC(C)=O.OCCOCCO. The number of carbonyl (C=O) groups excluding carboxylic acids is 1. The van der Waals surface area contributed by atoms with Gasteiger partial charge >= 0.3 is 5.97 Å². The maximum atomic E-state index is 10.5. The van der Waals surface area contributed by atoms with Gasteiger partial charge in [-0.2, -0.15) is 0 Å². The molecule has 0 radical (unpaired) electrons. The number of esters is 1. The molecule has 0 heterocycles. The number of hydrogen-bond acceptors (Lipinski definition) is 6. The zero-order chi connectivity index (χ0) is 14.6. The molecule has 0 aliphatic carbocycles. The number of rotatable bonds is 7. The minimum atomic E-state index is -0.411. The van der Waals surface area contributed by atoms with Crippen LogP contribution in [0.5, 0.6) is 0 Å². The average Bonchev–Trinajstić information content (AvgIpc) is 2.29. The standard InChI is InChI=1S/C8H16O3.C4H10O3/c1-6(11-7(2)9)8(3,4)10-5;5-1-3-7-4-2-6/h6H,1-5H3;5-6H,1-4H2. The number of carbonyl (C=O) groups is 1. The van der Waals surface area contributed by atoms with Crippen molar-refractivity contribution in [1.29, 1.82) is 0 Å². The summed E-state index contributed by atoms with van der Waals surface area (Å²) in [7, 11) is 1.60. The Labute approximate surface area is 109 Å². The third kappa shape index (κ3) is 11.8. The lowest BCUT2D eigenvalue weighted by Gasteiger charge is -2.29. The molecule has 0 rings (SSSR count). The van der Waals surface area contributed by atoms with E-state index in [0.29, 0.717) is 13.2 Å². The number of aliphatic hydroxyl groups excluding tert-OH is 2. The van der Waals surface area contributed by atoms with E-state index in [9.17, 15) is 4.79 Å². The van der Waals surface area contributed by atoms with Gasteiger partial charge in [0.1, 0.15) is 6.10 Å². The number of methoxy groups -OCH3 is 1. The van der Waals surface area contributed by atoms with Crippen molar-refractivity contribution in [3.63, 3.8) is 0 Å². The smallest absolute Gasteiger partial charge is 0.302 e. The van der Waals surface area contributed by atoms with Crippen molar-refractivity contribution in [2.24, 2.45) is 0 Å². The summed E-state index contributed by atoms with van der Waals surface area (Å²) in [6.45, 7) is 7.65. The van der Waals surface area contributed by atoms with Crippen molar-refractivity contribution < 1.29 is 29.2 Å². The van der Waals surface area contributed by atoms with Gasteiger partial charge in [0.25, 0.3) is 0 Å². The monoisotopic (exact) mass is 266 g/mol. The maximum absolute atomic E-state index is 10.5. The van der Waals surface area contributed by atoms with E-state index in [2.05, 4.69) is 4.74 Å². The molecule has 0 aromatic heterocycles.